The molecule has 0 aromatic heterocycles. The van der Waals surface area contributed by atoms with E-state index in [1.807, 2.05) is 43.3 Å². The molecule has 5 nitrogen and oxygen atoms in total. The fourth-order valence-corrected chi connectivity index (χ4v) is 3.69. The van der Waals surface area contributed by atoms with Crippen molar-refractivity contribution in [2.45, 2.75) is 20.1 Å². The van der Waals surface area contributed by atoms with Gasteiger partial charge >= 0.3 is 0 Å². The second-order valence-electron chi connectivity index (χ2n) is 6.69. The Balaban J connectivity index is 1.70. The van der Waals surface area contributed by atoms with E-state index in [1.54, 1.807) is 31.5 Å². The highest BCUT2D eigenvalue weighted by Gasteiger charge is 2.13. The highest BCUT2D eigenvalue weighted by Crippen LogP contribution is 2.37. The molecule has 0 bridgehead atoms. The van der Waals surface area contributed by atoms with Crippen molar-refractivity contribution in [1.82, 2.24) is 5.43 Å². The van der Waals surface area contributed by atoms with Crippen LogP contribution in [0, 0.1) is 0 Å². The average molecular weight is 494 g/mol. The predicted molar refractivity (Wildman–Crippen MR) is 131 cm³/mol. The maximum atomic E-state index is 6.49. The molecule has 0 aliphatic rings. The molecule has 168 valence electrons. The summed E-state index contributed by atoms with van der Waals surface area (Å²) in [5.41, 5.74) is 5.58. The molecule has 0 fully saturated rings. The van der Waals surface area contributed by atoms with Crippen molar-refractivity contribution < 1.29 is 14.2 Å². The lowest BCUT2D eigenvalue weighted by atomic mass is 10.2. The number of halogens is 3. The van der Waals surface area contributed by atoms with Crippen molar-refractivity contribution in [1.29, 1.82) is 0 Å². The number of hydrogen-bond donors (Lipinski definition) is 1. The van der Waals surface area contributed by atoms with Crippen LogP contribution in [0.5, 0.6) is 17.2 Å². The molecule has 32 heavy (non-hydrogen) atoms. The minimum absolute atomic E-state index is 0.226. The van der Waals surface area contributed by atoms with Crippen molar-refractivity contribution in [2.24, 2.45) is 5.10 Å². The van der Waals surface area contributed by atoms with Gasteiger partial charge < -0.3 is 19.6 Å². The predicted octanol–water partition coefficient (Wildman–Crippen LogP) is 6.76. The fraction of sp³-hybridized carbons (Fsp3) is 0.208. The van der Waals surface area contributed by atoms with E-state index >= 15 is 0 Å². The second-order valence-corrected chi connectivity index (χ2v) is 7.94. The van der Waals surface area contributed by atoms with Gasteiger partial charge in [-0.05, 0) is 42.8 Å². The molecule has 0 saturated heterocycles. The zero-order valence-electron chi connectivity index (χ0n) is 17.7. The van der Waals surface area contributed by atoms with Gasteiger partial charge in [0.1, 0.15) is 12.4 Å². The number of methoxy groups -OCH3 is 1. The molecule has 8 heteroatoms. The Labute approximate surface area is 202 Å². The normalized spacial score (nSPS) is 10.9. The summed E-state index contributed by atoms with van der Waals surface area (Å²) >= 11 is 18.7. The van der Waals surface area contributed by atoms with Crippen LogP contribution < -0.4 is 19.6 Å². The SMILES string of the molecule is CCOc1cc(/C=N\NCc2ccccc2OC)cc(Cl)c1OCc1ccc(Cl)cc1Cl. The zero-order chi connectivity index (χ0) is 22.9. The quantitative estimate of drug-likeness (QED) is 0.250. The zero-order valence-corrected chi connectivity index (χ0v) is 20.0. The third-order valence-electron chi connectivity index (χ3n) is 4.49. The van der Waals surface area contributed by atoms with E-state index < -0.39 is 0 Å². The minimum atomic E-state index is 0.226. The van der Waals surface area contributed by atoms with Crippen molar-refractivity contribution in [3.8, 4) is 17.2 Å². The van der Waals surface area contributed by atoms with Crippen LogP contribution in [-0.4, -0.2) is 19.9 Å². The summed E-state index contributed by atoms with van der Waals surface area (Å²) in [6.45, 7) is 3.10. The van der Waals surface area contributed by atoms with E-state index in [0.29, 0.717) is 39.7 Å². The number of nitrogens with one attached hydrogen (secondary N) is 1. The van der Waals surface area contributed by atoms with E-state index in [0.717, 1.165) is 22.4 Å². The van der Waals surface area contributed by atoms with Crippen LogP contribution in [0.4, 0.5) is 0 Å². The molecule has 0 spiro atoms. The van der Waals surface area contributed by atoms with Gasteiger partial charge in [-0.1, -0.05) is 59.1 Å². The summed E-state index contributed by atoms with van der Waals surface area (Å²) in [5, 5.41) is 5.78. The number of hydrazone groups is 1. The average Bonchev–Trinajstić information content (AvgIpc) is 2.78. The Hall–Kier alpha value is -2.60. The highest BCUT2D eigenvalue weighted by molar-refractivity contribution is 6.35. The van der Waals surface area contributed by atoms with Crippen LogP contribution in [0.1, 0.15) is 23.6 Å². The summed E-state index contributed by atoms with van der Waals surface area (Å²) in [7, 11) is 1.64. The topological polar surface area (TPSA) is 52.1 Å². The third-order valence-corrected chi connectivity index (χ3v) is 5.35. The minimum Gasteiger partial charge on any atom is -0.496 e. The van der Waals surface area contributed by atoms with E-state index in [-0.39, 0.29) is 6.61 Å². The highest BCUT2D eigenvalue weighted by atomic mass is 35.5. The summed E-state index contributed by atoms with van der Waals surface area (Å²) in [6, 6.07) is 16.6. The van der Waals surface area contributed by atoms with Crippen LogP contribution in [0.15, 0.2) is 59.7 Å². The molecule has 0 aliphatic carbocycles. The molecular formula is C24H23Cl3N2O3. The first kappa shape index (κ1) is 24.1. The van der Waals surface area contributed by atoms with Gasteiger partial charge in [-0.2, -0.15) is 5.10 Å². The summed E-state index contributed by atoms with van der Waals surface area (Å²) < 4.78 is 17.0. The van der Waals surface area contributed by atoms with Gasteiger partial charge in [-0.25, -0.2) is 0 Å². The first-order valence-electron chi connectivity index (χ1n) is 9.92. The molecule has 0 heterocycles. The van der Waals surface area contributed by atoms with Gasteiger partial charge in [0, 0.05) is 21.2 Å². The number of ether oxygens (including phenoxy) is 3. The fourth-order valence-electron chi connectivity index (χ4n) is 2.95. The summed E-state index contributed by atoms with van der Waals surface area (Å²) in [4.78, 5) is 0. The Bertz CT molecular complexity index is 1090. The Kier molecular flexibility index (Phi) is 8.91. The van der Waals surface area contributed by atoms with Crippen LogP contribution in [0.25, 0.3) is 0 Å². The molecule has 3 rings (SSSR count). The summed E-state index contributed by atoms with van der Waals surface area (Å²) in [6.07, 6.45) is 1.67. The molecule has 0 atom stereocenters. The van der Waals surface area contributed by atoms with E-state index in [4.69, 9.17) is 49.0 Å². The molecule has 0 radical (unpaired) electrons. The molecule has 1 N–H and O–H groups in total. The first-order valence-corrected chi connectivity index (χ1v) is 11.1. The van der Waals surface area contributed by atoms with Crippen molar-refractivity contribution in [2.75, 3.05) is 13.7 Å². The lowest BCUT2D eigenvalue weighted by Gasteiger charge is -2.15. The smallest absolute Gasteiger partial charge is 0.180 e. The van der Waals surface area contributed by atoms with E-state index in [2.05, 4.69) is 10.5 Å². The van der Waals surface area contributed by atoms with Gasteiger partial charge in [0.15, 0.2) is 11.5 Å². The standard InChI is InChI=1S/C24H23Cl3N2O3/c1-3-31-23-11-16(13-28-29-14-17-6-4-5-7-22(17)30-2)10-21(27)24(23)32-15-18-8-9-19(25)12-20(18)26/h4-13,29H,3,14-15H2,1-2H3/b28-13-. The van der Waals surface area contributed by atoms with Gasteiger partial charge in [-0.15, -0.1) is 0 Å². The van der Waals surface area contributed by atoms with Crippen LogP contribution in [-0.2, 0) is 13.2 Å². The Morgan fingerprint density at radius 3 is 2.47 bits per heavy atom. The molecule has 3 aromatic rings. The van der Waals surface area contributed by atoms with Crippen LogP contribution in [0.3, 0.4) is 0 Å². The van der Waals surface area contributed by atoms with Crippen LogP contribution >= 0.6 is 34.8 Å². The maximum Gasteiger partial charge on any atom is 0.180 e. The lowest BCUT2D eigenvalue weighted by molar-refractivity contribution is 0.269. The molecule has 0 unspecified atom stereocenters. The Morgan fingerprint density at radius 2 is 1.72 bits per heavy atom. The lowest BCUT2D eigenvalue weighted by Crippen LogP contribution is -2.07. The van der Waals surface area contributed by atoms with Crippen LogP contribution in [0.2, 0.25) is 15.1 Å². The van der Waals surface area contributed by atoms with E-state index in [1.165, 1.54) is 0 Å². The van der Waals surface area contributed by atoms with Gasteiger partial charge in [0.05, 0.1) is 31.5 Å². The largest absolute Gasteiger partial charge is 0.496 e. The second kappa shape index (κ2) is 11.9. The van der Waals surface area contributed by atoms with Gasteiger partial charge in [0.25, 0.3) is 0 Å². The maximum absolute atomic E-state index is 6.49. The molecule has 3 aromatic carbocycles. The number of nitrogens with zero attached hydrogens (tertiary/aromatic N) is 1. The number of benzene rings is 3. The number of hydrogen-bond acceptors (Lipinski definition) is 5. The third kappa shape index (κ3) is 6.45. The van der Waals surface area contributed by atoms with Crippen molar-refractivity contribution in [3.05, 3.63) is 86.4 Å². The Morgan fingerprint density at radius 1 is 0.906 bits per heavy atom. The van der Waals surface area contributed by atoms with Crippen molar-refractivity contribution in [3.63, 3.8) is 0 Å². The van der Waals surface area contributed by atoms with Crippen molar-refractivity contribution >= 4 is 41.0 Å². The molecule has 0 saturated carbocycles. The number of para-hydroxylation sites is 1. The summed E-state index contributed by atoms with van der Waals surface area (Å²) in [5.74, 6) is 1.77. The van der Waals surface area contributed by atoms with Gasteiger partial charge in [0.2, 0.25) is 0 Å². The molecule has 0 aliphatic heterocycles. The molecular weight excluding hydrogens is 471 g/mol. The monoisotopic (exact) mass is 492 g/mol. The molecule has 0 amide bonds. The number of rotatable bonds is 10. The first-order chi connectivity index (χ1) is 15.5. The van der Waals surface area contributed by atoms with Gasteiger partial charge in [-0.3, -0.25) is 0 Å². The van der Waals surface area contributed by atoms with E-state index in [9.17, 15) is 0 Å².